The zero-order valence-electron chi connectivity index (χ0n) is 17.1. The van der Waals surface area contributed by atoms with E-state index < -0.39 is 12.0 Å². The predicted molar refractivity (Wildman–Crippen MR) is 125 cm³/mol. The molecule has 0 bridgehead atoms. The Morgan fingerprint density at radius 2 is 2.19 bits per heavy atom. The van der Waals surface area contributed by atoms with Crippen LogP contribution in [0.3, 0.4) is 0 Å². The standard InChI is InChI=1S/C15H15Cl2N5S.C5H7NO3/c1-7-2-3-20-10-4-8(9-6-12(16)23-14(9)17)5-11(13(7)10)21-22-15(18)19;7-4-2-1-3(6-4)5(8)9/h2-3,6,8H,4-5H2,1H3,(H4,18,19,22);3H,1-2H2,(H,6,7)(H,8,9)/t;3-/m.0/s1. The summed E-state index contributed by atoms with van der Waals surface area (Å²) in [5.74, 6) is -1.15. The molecule has 0 spiro atoms. The van der Waals surface area contributed by atoms with E-state index in [9.17, 15) is 9.59 Å². The lowest BCUT2D eigenvalue weighted by atomic mass is 9.81. The lowest BCUT2D eigenvalue weighted by molar-refractivity contribution is -0.140. The highest BCUT2D eigenvalue weighted by Crippen LogP contribution is 2.41. The summed E-state index contributed by atoms with van der Waals surface area (Å²) in [6, 6.07) is 3.23. The molecule has 9 nitrogen and oxygen atoms in total. The Morgan fingerprint density at radius 1 is 1.44 bits per heavy atom. The van der Waals surface area contributed by atoms with Crippen LogP contribution in [0.25, 0.3) is 0 Å². The third-order valence-corrected chi connectivity index (χ3v) is 6.65. The average Bonchev–Trinajstić information content (AvgIpc) is 3.31. The van der Waals surface area contributed by atoms with E-state index in [0.717, 1.165) is 34.5 Å². The molecule has 1 saturated heterocycles. The number of carbonyl (C=O) groups excluding carboxylic acids is 1. The van der Waals surface area contributed by atoms with Crippen LogP contribution in [0.5, 0.6) is 0 Å². The maximum atomic E-state index is 10.4. The molecule has 4 rings (SSSR count). The van der Waals surface area contributed by atoms with Gasteiger partial charge in [0.2, 0.25) is 11.9 Å². The summed E-state index contributed by atoms with van der Waals surface area (Å²) < 4.78 is 1.38. The number of nitrogens with zero attached hydrogens (tertiary/aromatic N) is 2. The zero-order valence-corrected chi connectivity index (χ0v) is 19.4. The predicted octanol–water partition coefficient (Wildman–Crippen LogP) is 3.03. The van der Waals surface area contributed by atoms with Crippen LogP contribution in [-0.2, 0) is 16.0 Å². The number of carbonyl (C=O) groups is 2. The second-order valence-electron chi connectivity index (χ2n) is 7.42. The molecular formula is C20H22Cl2N6O3S. The second kappa shape index (κ2) is 10.3. The first-order valence-corrected chi connectivity index (χ1v) is 11.3. The third kappa shape index (κ3) is 5.76. The van der Waals surface area contributed by atoms with Gasteiger partial charge in [0.05, 0.1) is 20.1 Å². The number of aliphatic carboxylic acids is 1. The number of guanidine groups is 1. The van der Waals surface area contributed by atoms with Gasteiger partial charge in [-0.1, -0.05) is 23.2 Å². The fourth-order valence-electron chi connectivity index (χ4n) is 3.68. The highest BCUT2D eigenvalue weighted by Gasteiger charge is 2.29. The van der Waals surface area contributed by atoms with Gasteiger partial charge in [0.1, 0.15) is 6.04 Å². The van der Waals surface area contributed by atoms with Crippen LogP contribution in [0.4, 0.5) is 0 Å². The fourth-order valence-corrected chi connectivity index (χ4v) is 5.31. The van der Waals surface area contributed by atoms with Crippen molar-refractivity contribution in [2.75, 3.05) is 0 Å². The number of hydrogen-bond acceptors (Lipinski definition) is 6. The summed E-state index contributed by atoms with van der Waals surface area (Å²) in [6.07, 6.45) is 4.04. The van der Waals surface area contributed by atoms with Gasteiger partial charge in [0.25, 0.3) is 0 Å². The first-order valence-electron chi connectivity index (χ1n) is 9.74. The number of rotatable bonds is 3. The number of hydrazone groups is 1. The van der Waals surface area contributed by atoms with Crippen molar-refractivity contribution in [3.05, 3.63) is 49.4 Å². The number of carboxylic acid groups (broad SMARTS) is 1. The summed E-state index contributed by atoms with van der Waals surface area (Å²) in [4.78, 5) is 25.0. The van der Waals surface area contributed by atoms with Crippen LogP contribution >= 0.6 is 34.5 Å². The van der Waals surface area contributed by atoms with Crippen molar-refractivity contribution >= 4 is 58.1 Å². The van der Waals surface area contributed by atoms with Crippen molar-refractivity contribution in [1.29, 1.82) is 5.41 Å². The van der Waals surface area contributed by atoms with E-state index in [2.05, 4.69) is 20.8 Å². The second-order valence-corrected chi connectivity index (χ2v) is 9.70. The van der Waals surface area contributed by atoms with Gasteiger partial charge in [0, 0.05) is 18.2 Å². The van der Waals surface area contributed by atoms with Crippen molar-refractivity contribution < 1.29 is 14.7 Å². The number of aryl methyl sites for hydroxylation is 1. The molecule has 1 fully saturated rings. The topological polar surface area (TPSA) is 154 Å². The van der Waals surface area contributed by atoms with Crippen molar-refractivity contribution in [2.45, 2.75) is 44.6 Å². The molecule has 170 valence electrons. The Morgan fingerprint density at radius 3 is 2.72 bits per heavy atom. The van der Waals surface area contributed by atoms with E-state index >= 15 is 0 Å². The molecular weight excluding hydrogens is 475 g/mol. The zero-order chi connectivity index (χ0) is 23.4. The van der Waals surface area contributed by atoms with Crippen LogP contribution in [-0.4, -0.2) is 39.7 Å². The van der Waals surface area contributed by atoms with Gasteiger partial charge in [0.15, 0.2) is 0 Å². The number of amides is 1. The summed E-state index contributed by atoms with van der Waals surface area (Å²) in [7, 11) is 0. The monoisotopic (exact) mass is 496 g/mol. The summed E-state index contributed by atoms with van der Waals surface area (Å²) in [6.45, 7) is 2.03. The normalized spacial score (nSPS) is 20.7. The van der Waals surface area contributed by atoms with Crippen molar-refractivity contribution in [2.24, 2.45) is 10.8 Å². The van der Waals surface area contributed by atoms with E-state index in [1.807, 2.05) is 19.1 Å². The minimum atomic E-state index is -0.944. The molecule has 12 heteroatoms. The molecule has 2 aromatic heterocycles. The summed E-state index contributed by atoms with van der Waals surface area (Å²) >= 11 is 13.8. The smallest absolute Gasteiger partial charge is 0.326 e. The number of nitrogens with one attached hydrogen (secondary N) is 3. The van der Waals surface area contributed by atoms with Crippen LogP contribution in [0, 0.1) is 12.3 Å². The first-order chi connectivity index (χ1) is 15.2. The number of thiophene rings is 1. The van der Waals surface area contributed by atoms with Gasteiger partial charge in [-0.05, 0) is 55.4 Å². The van der Waals surface area contributed by atoms with Gasteiger partial charge in [-0.15, -0.1) is 11.3 Å². The lowest BCUT2D eigenvalue weighted by Gasteiger charge is -2.26. The molecule has 0 aromatic carbocycles. The van der Waals surface area contributed by atoms with Crippen LogP contribution in [0.1, 0.15) is 47.6 Å². The summed E-state index contributed by atoms with van der Waals surface area (Å²) in [5, 5.41) is 22.2. The van der Waals surface area contributed by atoms with Crippen molar-refractivity contribution in [1.82, 2.24) is 15.7 Å². The molecule has 6 N–H and O–H groups in total. The molecule has 1 aliphatic carbocycles. The maximum absolute atomic E-state index is 10.4. The quantitative estimate of drug-likeness (QED) is 0.250. The Kier molecular flexibility index (Phi) is 7.70. The van der Waals surface area contributed by atoms with E-state index in [0.29, 0.717) is 27.9 Å². The highest BCUT2D eigenvalue weighted by molar-refractivity contribution is 7.20. The Labute approximate surface area is 198 Å². The van der Waals surface area contributed by atoms with Gasteiger partial charge >= 0.3 is 5.97 Å². The molecule has 32 heavy (non-hydrogen) atoms. The minimum Gasteiger partial charge on any atom is -0.480 e. The van der Waals surface area contributed by atoms with Crippen molar-refractivity contribution in [3.63, 3.8) is 0 Å². The number of halogens is 2. The molecule has 0 radical (unpaired) electrons. The number of hydrogen-bond donors (Lipinski definition) is 5. The van der Waals surface area contributed by atoms with Gasteiger partial charge < -0.3 is 16.2 Å². The summed E-state index contributed by atoms with van der Waals surface area (Å²) in [5.41, 5.74) is 12.8. The third-order valence-electron chi connectivity index (χ3n) is 5.13. The number of fused-ring (bicyclic) bond motifs is 1. The molecule has 1 unspecified atom stereocenters. The molecule has 2 aliphatic rings. The number of nitrogens with two attached hydrogens (primary N) is 1. The number of carboxylic acids is 1. The molecule has 1 aliphatic heterocycles. The Balaban J connectivity index is 0.000000269. The lowest BCUT2D eigenvalue weighted by Crippen LogP contribution is -2.32. The number of aromatic nitrogens is 1. The van der Waals surface area contributed by atoms with Crippen molar-refractivity contribution in [3.8, 4) is 0 Å². The molecule has 0 saturated carbocycles. The van der Waals surface area contributed by atoms with Gasteiger partial charge in [-0.3, -0.25) is 15.2 Å². The van der Waals surface area contributed by atoms with Crippen LogP contribution in [0.2, 0.25) is 8.67 Å². The van der Waals surface area contributed by atoms with E-state index in [1.165, 1.54) is 11.3 Å². The molecule has 2 aromatic rings. The Hall–Kier alpha value is -2.69. The van der Waals surface area contributed by atoms with E-state index in [4.69, 9.17) is 39.5 Å². The number of pyridine rings is 1. The van der Waals surface area contributed by atoms with Crippen LogP contribution in [0.15, 0.2) is 23.4 Å². The molecule has 2 atom stereocenters. The SMILES string of the molecule is Cc1ccnc2c1C(=NNC(=N)N)CC(c1cc(Cl)sc1Cl)C2.O=C1CC[C@@H](C(=O)O)N1. The van der Waals surface area contributed by atoms with E-state index in [1.54, 1.807) is 6.20 Å². The Bertz CT molecular complexity index is 1090. The largest absolute Gasteiger partial charge is 0.480 e. The first kappa shape index (κ1) is 24.0. The van der Waals surface area contributed by atoms with E-state index in [-0.39, 0.29) is 17.8 Å². The molecule has 3 heterocycles. The van der Waals surface area contributed by atoms with Gasteiger partial charge in [-0.25, -0.2) is 10.2 Å². The molecule has 1 amide bonds. The van der Waals surface area contributed by atoms with Crippen LogP contribution < -0.4 is 16.5 Å². The average molecular weight is 497 g/mol. The van der Waals surface area contributed by atoms with Gasteiger partial charge in [-0.2, -0.15) is 5.10 Å². The maximum Gasteiger partial charge on any atom is 0.326 e. The fraction of sp³-hybridized carbons (Fsp3) is 0.350. The highest BCUT2D eigenvalue weighted by atomic mass is 35.5. The minimum absolute atomic E-state index is 0.153.